The molecule has 7 heteroatoms. The summed E-state index contributed by atoms with van der Waals surface area (Å²) in [5, 5.41) is 18.5. The Balaban J connectivity index is 2.52. The molecule has 0 radical (unpaired) electrons. The van der Waals surface area contributed by atoms with Gasteiger partial charge < -0.3 is 5.32 Å². The Morgan fingerprint density at radius 2 is 2.15 bits per heavy atom. The molecule has 0 atom stereocenters. The molecule has 0 saturated heterocycles. The van der Waals surface area contributed by atoms with Crippen molar-refractivity contribution in [3.8, 4) is 5.82 Å². The maximum absolute atomic E-state index is 11.1. The molecule has 0 aliphatic rings. The van der Waals surface area contributed by atoms with E-state index in [-0.39, 0.29) is 11.5 Å². The number of hydrogen-bond acceptors (Lipinski definition) is 5. The topological polar surface area (TPSA) is 85.9 Å². The lowest BCUT2D eigenvalue weighted by Gasteiger charge is -2.08. The summed E-state index contributed by atoms with van der Waals surface area (Å²) in [6.45, 7) is 6.49. The Bertz CT molecular complexity index is 636. The van der Waals surface area contributed by atoms with Gasteiger partial charge >= 0.3 is 5.69 Å². The summed E-state index contributed by atoms with van der Waals surface area (Å²) < 4.78 is 1.50. The second kappa shape index (κ2) is 5.68. The Hall–Kier alpha value is -2.44. The highest BCUT2D eigenvalue weighted by molar-refractivity contribution is 5.53. The molecule has 0 fully saturated rings. The lowest BCUT2D eigenvalue weighted by molar-refractivity contribution is -0.384. The average Bonchev–Trinajstić information content (AvgIpc) is 2.74. The monoisotopic (exact) mass is 275 g/mol. The molecular formula is C13H17N5O2. The second-order valence-electron chi connectivity index (χ2n) is 4.56. The fraction of sp³-hybridized carbons (Fsp3) is 0.385. The summed E-state index contributed by atoms with van der Waals surface area (Å²) in [6.07, 6.45) is 0.952. The number of nitrogens with zero attached hydrogens (tertiary/aromatic N) is 4. The molecule has 20 heavy (non-hydrogen) atoms. The van der Waals surface area contributed by atoms with E-state index in [0.717, 1.165) is 24.4 Å². The zero-order chi connectivity index (χ0) is 14.7. The van der Waals surface area contributed by atoms with E-state index >= 15 is 0 Å². The molecule has 1 N–H and O–H groups in total. The quantitative estimate of drug-likeness (QED) is 0.669. The van der Waals surface area contributed by atoms with Crippen molar-refractivity contribution in [2.45, 2.75) is 27.2 Å². The first-order valence-electron chi connectivity index (χ1n) is 6.46. The van der Waals surface area contributed by atoms with Crippen molar-refractivity contribution in [1.29, 1.82) is 0 Å². The molecule has 2 rings (SSSR count). The highest BCUT2D eigenvalue weighted by Gasteiger charge is 2.20. The molecule has 0 bridgehead atoms. The van der Waals surface area contributed by atoms with Crippen molar-refractivity contribution >= 4 is 11.5 Å². The zero-order valence-electron chi connectivity index (χ0n) is 11.8. The van der Waals surface area contributed by atoms with Gasteiger partial charge in [-0.25, -0.2) is 9.67 Å². The normalized spacial score (nSPS) is 10.6. The van der Waals surface area contributed by atoms with E-state index in [2.05, 4.69) is 15.4 Å². The molecule has 0 unspecified atom stereocenters. The van der Waals surface area contributed by atoms with Crippen LogP contribution in [0.3, 0.4) is 0 Å². The van der Waals surface area contributed by atoms with Crippen molar-refractivity contribution in [3.63, 3.8) is 0 Å². The predicted molar refractivity (Wildman–Crippen MR) is 76.3 cm³/mol. The summed E-state index contributed by atoms with van der Waals surface area (Å²) in [5.41, 5.74) is 1.55. The van der Waals surface area contributed by atoms with Gasteiger partial charge in [0.1, 0.15) is 5.82 Å². The van der Waals surface area contributed by atoms with Crippen molar-refractivity contribution in [2.75, 3.05) is 11.9 Å². The summed E-state index contributed by atoms with van der Waals surface area (Å²) in [6, 6.07) is 4.93. The SMILES string of the molecule is CCCNc1ccc([N+](=O)[O-])c(-n2nc(C)cc2C)n1. The predicted octanol–water partition coefficient (Wildman–Crippen LogP) is 2.61. The maximum Gasteiger partial charge on any atom is 0.313 e. The van der Waals surface area contributed by atoms with E-state index in [4.69, 9.17) is 0 Å². The van der Waals surface area contributed by atoms with Gasteiger partial charge in [0.05, 0.1) is 10.6 Å². The van der Waals surface area contributed by atoms with Crippen LogP contribution in [0.25, 0.3) is 5.82 Å². The van der Waals surface area contributed by atoms with Gasteiger partial charge in [-0.05, 0) is 32.4 Å². The van der Waals surface area contributed by atoms with Gasteiger partial charge in [-0.3, -0.25) is 10.1 Å². The van der Waals surface area contributed by atoms with Crippen LogP contribution in [0.1, 0.15) is 24.7 Å². The molecule has 2 heterocycles. The molecule has 0 aliphatic carbocycles. The van der Waals surface area contributed by atoms with Crippen LogP contribution < -0.4 is 5.32 Å². The minimum absolute atomic E-state index is 0.0572. The number of hydrogen-bond donors (Lipinski definition) is 1. The van der Waals surface area contributed by atoms with Gasteiger partial charge in [-0.15, -0.1) is 0 Å². The van der Waals surface area contributed by atoms with Crippen molar-refractivity contribution in [3.05, 3.63) is 39.7 Å². The van der Waals surface area contributed by atoms with Crippen molar-refractivity contribution < 1.29 is 4.92 Å². The van der Waals surface area contributed by atoms with Crippen LogP contribution in [-0.2, 0) is 0 Å². The molecule has 0 spiro atoms. The number of rotatable bonds is 5. The highest BCUT2D eigenvalue weighted by atomic mass is 16.6. The summed E-state index contributed by atoms with van der Waals surface area (Å²) >= 11 is 0. The first-order chi connectivity index (χ1) is 9.52. The fourth-order valence-corrected chi connectivity index (χ4v) is 1.93. The van der Waals surface area contributed by atoms with Crippen LogP contribution in [0.15, 0.2) is 18.2 Å². The van der Waals surface area contributed by atoms with Crippen molar-refractivity contribution in [1.82, 2.24) is 14.8 Å². The Kier molecular flexibility index (Phi) is 3.97. The average molecular weight is 275 g/mol. The number of aryl methyl sites for hydroxylation is 2. The van der Waals surface area contributed by atoms with Crippen LogP contribution in [0.5, 0.6) is 0 Å². The van der Waals surface area contributed by atoms with Crippen molar-refractivity contribution in [2.24, 2.45) is 0 Å². The molecule has 0 saturated carbocycles. The maximum atomic E-state index is 11.1. The third-order valence-corrected chi connectivity index (χ3v) is 2.82. The Morgan fingerprint density at radius 3 is 2.70 bits per heavy atom. The van der Waals surface area contributed by atoms with E-state index in [1.54, 1.807) is 6.07 Å². The van der Waals surface area contributed by atoms with Crippen LogP contribution in [0.2, 0.25) is 0 Å². The lowest BCUT2D eigenvalue weighted by atomic mass is 10.3. The van der Waals surface area contributed by atoms with Gasteiger partial charge in [0.15, 0.2) is 0 Å². The summed E-state index contributed by atoms with van der Waals surface area (Å²) in [7, 11) is 0. The minimum atomic E-state index is -0.442. The van der Waals surface area contributed by atoms with Gasteiger partial charge in [-0.1, -0.05) is 6.92 Å². The van der Waals surface area contributed by atoms with Gasteiger partial charge in [0.2, 0.25) is 5.82 Å². The largest absolute Gasteiger partial charge is 0.370 e. The molecule has 2 aromatic heterocycles. The molecule has 2 aromatic rings. The van der Waals surface area contributed by atoms with Gasteiger partial charge in [-0.2, -0.15) is 5.10 Å². The number of pyridine rings is 1. The fourth-order valence-electron chi connectivity index (χ4n) is 1.93. The van der Waals surface area contributed by atoms with Crippen LogP contribution >= 0.6 is 0 Å². The zero-order valence-corrected chi connectivity index (χ0v) is 11.8. The first kappa shape index (κ1) is 14.0. The molecular weight excluding hydrogens is 258 g/mol. The summed E-state index contributed by atoms with van der Waals surface area (Å²) in [4.78, 5) is 15.0. The van der Waals surface area contributed by atoms with Gasteiger partial charge in [0, 0.05) is 18.3 Å². The van der Waals surface area contributed by atoms with Crippen LogP contribution in [0.4, 0.5) is 11.5 Å². The third-order valence-electron chi connectivity index (χ3n) is 2.82. The van der Waals surface area contributed by atoms with Crippen LogP contribution in [0, 0.1) is 24.0 Å². The lowest BCUT2D eigenvalue weighted by Crippen LogP contribution is -2.09. The molecule has 0 amide bonds. The van der Waals surface area contributed by atoms with Gasteiger partial charge in [0.25, 0.3) is 0 Å². The number of anilines is 1. The Labute approximate surface area is 116 Å². The molecule has 7 nitrogen and oxygen atoms in total. The minimum Gasteiger partial charge on any atom is -0.370 e. The molecule has 0 aliphatic heterocycles. The second-order valence-corrected chi connectivity index (χ2v) is 4.56. The first-order valence-corrected chi connectivity index (χ1v) is 6.46. The highest BCUT2D eigenvalue weighted by Crippen LogP contribution is 2.24. The summed E-state index contributed by atoms with van der Waals surface area (Å²) in [5.74, 6) is 0.849. The smallest absolute Gasteiger partial charge is 0.313 e. The molecule has 0 aromatic carbocycles. The van der Waals surface area contributed by atoms with Crippen LogP contribution in [-0.4, -0.2) is 26.2 Å². The third kappa shape index (κ3) is 2.76. The standard InChI is InChI=1S/C13H17N5O2/c1-4-7-14-12-6-5-11(18(19)20)13(15-12)17-10(3)8-9(2)16-17/h5-6,8H,4,7H2,1-3H3,(H,14,15). The number of nitrogens with one attached hydrogen (secondary N) is 1. The van der Waals surface area contributed by atoms with E-state index in [1.165, 1.54) is 10.7 Å². The van der Waals surface area contributed by atoms with E-state index in [9.17, 15) is 10.1 Å². The molecule has 106 valence electrons. The van der Waals surface area contributed by atoms with E-state index in [0.29, 0.717) is 5.82 Å². The number of nitro groups is 1. The van der Waals surface area contributed by atoms with E-state index in [1.807, 2.05) is 26.8 Å². The Morgan fingerprint density at radius 1 is 1.40 bits per heavy atom. The number of aromatic nitrogens is 3. The van der Waals surface area contributed by atoms with E-state index < -0.39 is 4.92 Å².